The van der Waals surface area contributed by atoms with Crippen LogP contribution in [0.15, 0.2) is 28.8 Å². The number of nitrogens with two attached hydrogens (primary N) is 1. The van der Waals surface area contributed by atoms with Crippen molar-refractivity contribution in [3.63, 3.8) is 0 Å². The molecule has 0 amide bonds. The zero-order valence-corrected chi connectivity index (χ0v) is 11.3. The topological polar surface area (TPSA) is 64.9 Å². The molecule has 4 nitrogen and oxygen atoms in total. The summed E-state index contributed by atoms with van der Waals surface area (Å²) in [7, 11) is 0. The number of alkyl halides is 3. The first-order valence-corrected chi connectivity index (χ1v) is 6.59. The van der Waals surface area contributed by atoms with Crippen molar-refractivity contribution >= 4 is 0 Å². The molecule has 1 aliphatic carbocycles. The zero-order chi connectivity index (χ0) is 15.3. The molecule has 7 heteroatoms. The minimum absolute atomic E-state index is 0.119. The van der Waals surface area contributed by atoms with Crippen LogP contribution in [0.25, 0.3) is 11.4 Å². The molecule has 1 heterocycles. The van der Waals surface area contributed by atoms with Crippen molar-refractivity contribution in [1.29, 1.82) is 0 Å². The predicted octanol–water partition coefficient (Wildman–Crippen LogP) is 3.34. The molecule has 1 aliphatic rings. The van der Waals surface area contributed by atoms with Gasteiger partial charge in [-0.3, -0.25) is 0 Å². The fourth-order valence-electron chi connectivity index (χ4n) is 2.25. The Labute approximate surface area is 119 Å². The van der Waals surface area contributed by atoms with Crippen LogP contribution in [0.4, 0.5) is 13.2 Å². The van der Waals surface area contributed by atoms with Gasteiger partial charge in [-0.2, -0.15) is 18.2 Å². The second-order valence-electron chi connectivity index (χ2n) is 5.56. The summed E-state index contributed by atoms with van der Waals surface area (Å²) in [4.78, 5) is 4.17. The van der Waals surface area contributed by atoms with Gasteiger partial charge < -0.3 is 10.3 Å². The first-order chi connectivity index (χ1) is 9.78. The van der Waals surface area contributed by atoms with Gasteiger partial charge in [-0.15, -0.1) is 0 Å². The van der Waals surface area contributed by atoms with Crippen LogP contribution in [0.5, 0.6) is 0 Å². The Kier molecular flexibility index (Phi) is 3.05. The molecule has 3 rings (SSSR count). The second-order valence-corrected chi connectivity index (χ2v) is 5.56. The van der Waals surface area contributed by atoms with Crippen molar-refractivity contribution in [2.75, 3.05) is 0 Å². The molecule has 1 aromatic carbocycles. The highest BCUT2D eigenvalue weighted by atomic mass is 19.4. The van der Waals surface area contributed by atoms with E-state index in [1.165, 1.54) is 12.1 Å². The molecule has 112 valence electrons. The van der Waals surface area contributed by atoms with Crippen LogP contribution in [0.2, 0.25) is 0 Å². The van der Waals surface area contributed by atoms with Gasteiger partial charge in [0.05, 0.1) is 11.1 Å². The summed E-state index contributed by atoms with van der Waals surface area (Å²) in [5.74, 6) is 0.665. The van der Waals surface area contributed by atoms with Crippen LogP contribution < -0.4 is 5.73 Å². The number of nitrogens with zero attached hydrogens (tertiary/aromatic N) is 2. The fraction of sp³-hybridized carbons (Fsp3) is 0.429. The van der Waals surface area contributed by atoms with Crippen LogP contribution in [0.3, 0.4) is 0 Å². The summed E-state index contributed by atoms with van der Waals surface area (Å²) < 4.78 is 43.3. The fourth-order valence-corrected chi connectivity index (χ4v) is 2.25. The highest BCUT2D eigenvalue weighted by molar-refractivity contribution is 5.55. The third-order valence-electron chi connectivity index (χ3n) is 3.76. The first-order valence-electron chi connectivity index (χ1n) is 6.59. The van der Waals surface area contributed by atoms with Gasteiger partial charge in [-0.05, 0) is 37.8 Å². The lowest BCUT2D eigenvalue weighted by Crippen LogP contribution is -2.35. The number of halogens is 3. The molecule has 0 bridgehead atoms. The smallest absolute Gasteiger partial charge is 0.337 e. The number of hydrogen-bond donors (Lipinski definition) is 1. The minimum Gasteiger partial charge on any atom is -0.337 e. The minimum atomic E-state index is -4.40. The van der Waals surface area contributed by atoms with Crippen molar-refractivity contribution in [3.05, 3.63) is 35.7 Å². The molecule has 1 unspecified atom stereocenters. The summed E-state index contributed by atoms with van der Waals surface area (Å²) in [5.41, 5.74) is 4.94. The van der Waals surface area contributed by atoms with Gasteiger partial charge in [-0.1, -0.05) is 17.3 Å². The molecule has 1 aromatic heterocycles. The number of rotatable bonds is 3. The Bertz CT molecular complexity index is 659. The normalized spacial score (nSPS) is 18.5. The van der Waals surface area contributed by atoms with E-state index in [-0.39, 0.29) is 23.2 Å². The lowest BCUT2D eigenvalue weighted by atomic mass is 9.97. The van der Waals surface area contributed by atoms with Crippen LogP contribution in [-0.2, 0) is 11.7 Å². The molecule has 1 saturated carbocycles. The SMILES string of the molecule is CC(N)(c1nc(-c2cccc(C(F)(F)F)c2)no1)C1CC1. The summed E-state index contributed by atoms with van der Waals surface area (Å²) in [6.07, 6.45) is -2.42. The van der Waals surface area contributed by atoms with E-state index in [2.05, 4.69) is 10.1 Å². The van der Waals surface area contributed by atoms with Gasteiger partial charge >= 0.3 is 6.18 Å². The van der Waals surface area contributed by atoms with Crippen molar-refractivity contribution in [2.45, 2.75) is 31.5 Å². The van der Waals surface area contributed by atoms with E-state index in [0.29, 0.717) is 0 Å². The third-order valence-corrected chi connectivity index (χ3v) is 3.76. The molecular formula is C14H14F3N3O. The second kappa shape index (κ2) is 4.56. The predicted molar refractivity (Wildman–Crippen MR) is 69.0 cm³/mol. The summed E-state index contributed by atoms with van der Waals surface area (Å²) in [5, 5.41) is 3.75. The van der Waals surface area contributed by atoms with Gasteiger partial charge in [0.25, 0.3) is 0 Å². The van der Waals surface area contributed by atoms with E-state index < -0.39 is 17.3 Å². The average Bonchev–Trinajstić information content (AvgIpc) is 3.16. The molecule has 0 radical (unpaired) electrons. The van der Waals surface area contributed by atoms with Gasteiger partial charge in [0, 0.05) is 5.56 Å². The Balaban J connectivity index is 1.93. The van der Waals surface area contributed by atoms with Crippen LogP contribution in [-0.4, -0.2) is 10.1 Å². The Morgan fingerprint density at radius 1 is 1.29 bits per heavy atom. The summed E-state index contributed by atoms with van der Waals surface area (Å²) in [6, 6.07) is 4.83. The van der Waals surface area contributed by atoms with E-state index in [1.807, 2.05) is 0 Å². The molecule has 0 saturated heterocycles. The quantitative estimate of drug-likeness (QED) is 0.943. The maximum absolute atomic E-state index is 12.7. The van der Waals surface area contributed by atoms with Crippen molar-refractivity contribution < 1.29 is 17.7 Å². The van der Waals surface area contributed by atoms with E-state index in [9.17, 15) is 13.2 Å². The largest absolute Gasteiger partial charge is 0.416 e. The lowest BCUT2D eigenvalue weighted by Gasteiger charge is -2.18. The zero-order valence-electron chi connectivity index (χ0n) is 11.3. The maximum Gasteiger partial charge on any atom is 0.416 e. The molecule has 1 fully saturated rings. The Morgan fingerprint density at radius 3 is 2.62 bits per heavy atom. The van der Waals surface area contributed by atoms with Crippen molar-refractivity contribution in [2.24, 2.45) is 11.7 Å². The lowest BCUT2D eigenvalue weighted by molar-refractivity contribution is -0.137. The standard InChI is InChI=1S/C14H14F3N3O/c1-13(18,9-5-6-9)12-19-11(20-21-12)8-3-2-4-10(7-8)14(15,16)17/h2-4,7,9H,5-6,18H2,1H3. The van der Waals surface area contributed by atoms with E-state index in [1.54, 1.807) is 6.92 Å². The van der Waals surface area contributed by atoms with E-state index >= 15 is 0 Å². The molecule has 0 aliphatic heterocycles. The van der Waals surface area contributed by atoms with Gasteiger partial charge in [-0.25, -0.2) is 0 Å². The Morgan fingerprint density at radius 2 is 2.00 bits per heavy atom. The number of hydrogen-bond acceptors (Lipinski definition) is 4. The highest BCUT2D eigenvalue weighted by Gasteiger charge is 2.44. The van der Waals surface area contributed by atoms with E-state index in [4.69, 9.17) is 10.3 Å². The first kappa shape index (κ1) is 14.1. The number of benzene rings is 1. The summed E-state index contributed by atoms with van der Waals surface area (Å²) >= 11 is 0. The molecule has 0 spiro atoms. The summed E-state index contributed by atoms with van der Waals surface area (Å²) in [6.45, 7) is 1.80. The van der Waals surface area contributed by atoms with Crippen LogP contribution in [0.1, 0.15) is 31.2 Å². The molecule has 2 N–H and O–H groups in total. The van der Waals surface area contributed by atoms with Crippen LogP contribution in [0, 0.1) is 5.92 Å². The molecule has 1 atom stereocenters. The van der Waals surface area contributed by atoms with Gasteiger partial charge in [0.2, 0.25) is 11.7 Å². The van der Waals surface area contributed by atoms with Crippen molar-refractivity contribution in [1.82, 2.24) is 10.1 Å². The highest BCUT2D eigenvalue weighted by Crippen LogP contribution is 2.43. The van der Waals surface area contributed by atoms with Gasteiger partial charge in [0.15, 0.2) is 0 Å². The molecular weight excluding hydrogens is 283 g/mol. The average molecular weight is 297 g/mol. The maximum atomic E-state index is 12.7. The van der Waals surface area contributed by atoms with E-state index in [0.717, 1.165) is 25.0 Å². The number of aromatic nitrogens is 2. The van der Waals surface area contributed by atoms with Crippen molar-refractivity contribution in [3.8, 4) is 11.4 Å². The Hall–Kier alpha value is -1.89. The molecule has 2 aromatic rings. The third kappa shape index (κ3) is 2.65. The molecule has 21 heavy (non-hydrogen) atoms. The monoisotopic (exact) mass is 297 g/mol. The van der Waals surface area contributed by atoms with Crippen LogP contribution >= 0.6 is 0 Å². The van der Waals surface area contributed by atoms with Gasteiger partial charge in [0.1, 0.15) is 0 Å².